The number of Topliss-reactive ketones (excluding diaryl/α,β-unsaturated/α-hetero) is 1. The van der Waals surface area contributed by atoms with Crippen molar-refractivity contribution < 1.29 is 38.3 Å². The van der Waals surface area contributed by atoms with Gasteiger partial charge in [-0.05, 0) is 94.9 Å². The molecular formula is C42H70N8O9. The number of nitrogens with zero attached hydrogens (tertiary/aromatic N) is 3. The van der Waals surface area contributed by atoms with Crippen LogP contribution in [0.1, 0.15) is 138 Å². The topological polar surface area (TPSA) is 237 Å². The van der Waals surface area contributed by atoms with Crippen LogP contribution in [0.5, 0.6) is 0 Å². The number of hydrogen-bond donors (Lipinski definition) is 5. The number of fused-ring (bicyclic) bond motifs is 1. The molecule has 332 valence electrons. The van der Waals surface area contributed by atoms with E-state index in [0.717, 1.165) is 77.0 Å². The van der Waals surface area contributed by atoms with Crippen molar-refractivity contribution in [1.82, 2.24) is 31.6 Å². The molecule has 1 heterocycles. The summed E-state index contributed by atoms with van der Waals surface area (Å²) in [6.45, 7) is 15.8. The van der Waals surface area contributed by atoms with Crippen LogP contribution in [0.15, 0.2) is 16.8 Å². The maximum atomic E-state index is 12.6. The van der Waals surface area contributed by atoms with Crippen molar-refractivity contribution in [2.75, 3.05) is 38.0 Å². The number of amides is 4. The summed E-state index contributed by atoms with van der Waals surface area (Å²) in [5.74, 6) is -0.200. The summed E-state index contributed by atoms with van der Waals surface area (Å²) in [6.07, 6.45) is 10.0. The van der Waals surface area contributed by atoms with Gasteiger partial charge < -0.3 is 31.3 Å². The van der Waals surface area contributed by atoms with Crippen molar-refractivity contribution in [1.29, 1.82) is 0 Å². The normalized spacial score (nSPS) is 13.5. The molecule has 2 aromatic rings. The number of ether oxygens (including phenoxy) is 1. The molecule has 1 aromatic heterocycles. The first-order chi connectivity index (χ1) is 28.0. The fourth-order valence-corrected chi connectivity index (χ4v) is 6.39. The van der Waals surface area contributed by atoms with E-state index >= 15 is 0 Å². The maximum absolute atomic E-state index is 12.6. The monoisotopic (exact) mass is 831 g/mol. The number of nitrogens with one attached hydrogen (secondary N) is 5. The van der Waals surface area contributed by atoms with Crippen LogP contribution in [0.3, 0.4) is 0 Å². The lowest BCUT2D eigenvalue weighted by molar-refractivity contribution is -0.383. The van der Waals surface area contributed by atoms with Crippen LogP contribution < -0.4 is 26.6 Å². The summed E-state index contributed by atoms with van der Waals surface area (Å²) in [5.41, 5.74) is 0.207. The number of non-ortho nitro benzene ring substituents is 1. The van der Waals surface area contributed by atoms with Gasteiger partial charge in [0.2, 0.25) is 23.2 Å². The second-order valence-corrected chi connectivity index (χ2v) is 16.7. The van der Waals surface area contributed by atoms with Gasteiger partial charge in [0.1, 0.15) is 11.4 Å². The molecule has 17 nitrogen and oxygen atoms in total. The molecule has 1 aromatic carbocycles. The van der Waals surface area contributed by atoms with Crippen molar-refractivity contribution in [2.45, 2.75) is 144 Å². The lowest BCUT2D eigenvalue weighted by Gasteiger charge is -2.19. The molecule has 0 fully saturated rings. The molecule has 0 aliphatic carbocycles. The number of benzene rings is 1. The van der Waals surface area contributed by atoms with Gasteiger partial charge in [-0.1, -0.05) is 53.4 Å². The Labute approximate surface area is 349 Å². The van der Waals surface area contributed by atoms with E-state index < -0.39 is 16.6 Å². The predicted molar refractivity (Wildman–Crippen MR) is 227 cm³/mol. The van der Waals surface area contributed by atoms with Crippen LogP contribution in [-0.4, -0.2) is 83.2 Å². The first-order valence-electron chi connectivity index (χ1n) is 21.5. The second-order valence-electron chi connectivity index (χ2n) is 16.7. The molecule has 0 spiro atoms. The molecule has 17 heteroatoms. The summed E-state index contributed by atoms with van der Waals surface area (Å²) in [5, 5.41) is 33.4. The minimum absolute atomic E-state index is 0.0151. The van der Waals surface area contributed by atoms with Crippen molar-refractivity contribution in [3.8, 4) is 0 Å². The number of nitro benzene ring substituents is 1. The Morgan fingerprint density at radius 3 is 1.54 bits per heavy atom. The van der Waals surface area contributed by atoms with Crippen molar-refractivity contribution in [2.24, 2.45) is 23.7 Å². The van der Waals surface area contributed by atoms with Crippen LogP contribution in [0.25, 0.3) is 11.0 Å². The zero-order valence-electron chi connectivity index (χ0n) is 36.4. The van der Waals surface area contributed by atoms with Crippen molar-refractivity contribution in [3.05, 3.63) is 22.2 Å². The highest BCUT2D eigenvalue weighted by atomic mass is 16.6. The van der Waals surface area contributed by atoms with Gasteiger partial charge >= 0.3 is 11.8 Å². The summed E-state index contributed by atoms with van der Waals surface area (Å²) in [6, 6.07) is 2.90. The maximum Gasteiger partial charge on any atom is 0.407 e. The van der Waals surface area contributed by atoms with Crippen molar-refractivity contribution in [3.63, 3.8) is 0 Å². The number of aromatic nitrogens is 2. The highest BCUT2D eigenvalue weighted by molar-refractivity contribution is 5.93. The van der Waals surface area contributed by atoms with Crippen LogP contribution >= 0.6 is 0 Å². The highest BCUT2D eigenvalue weighted by Crippen LogP contribution is 2.28. The summed E-state index contributed by atoms with van der Waals surface area (Å²) in [4.78, 5) is 72.5. The van der Waals surface area contributed by atoms with E-state index in [1.807, 2.05) is 48.5 Å². The average molecular weight is 831 g/mol. The van der Waals surface area contributed by atoms with E-state index in [9.17, 15) is 34.1 Å². The minimum atomic E-state index is -0.540. The van der Waals surface area contributed by atoms with Crippen LogP contribution in [0.4, 0.5) is 16.2 Å². The number of ketones is 1. The van der Waals surface area contributed by atoms with E-state index in [1.165, 1.54) is 6.07 Å². The number of hydrogen-bond acceptors (Lipinski definition) is 12. The predicted octanol–water partition coefficient (Wildman–Crippen LogP) is 6.99. The van der Waals surface area contributed by atoms with Crippen LogP contribution in [0.2, 0.25) is 0 Å². The van der Waals surface area contributed by atoms with E-state index in [-0.39, 0.29) is 63.9 Å². The zero-order valence-corrected chi connectivity index (χ0v) is 36.4. The summed E-state index contributed by atoms with van der Waals surface area (Å²) in [7, 11) is 0. The number of rotatable bonds is 30. The van der Waals surface area contributed by atoms with Gasteiger partial charge in [-0.15, -0.1) is 0 Å². The molecule has 0 aliphatic heterocycles. The third-order valence-electron chi connectivity index (χ3n) is 10.2. The first-order valence-corrected chi connectivity index (χ1v) is 21.5. The lowest BCUT2D eigenvalue weighted by Crippen LogP contribution is -2.33. The van der Waals surface area contributed by atoms with E-state index in [2.05, 4.69) is 41.5 Å². The minimum Gasteiger partial charge on any atom is -0.444 e. The molecule has 0 aliphatic rings. The number of alkyl carbamates (subject to hydrolysis) is 1. The molecule has 0 radical (unpaired) electrons. The third kappa shape index (κ3) is 20.6. The van der Waals surface area contributed by atoms with Crippen LogP contribution in [-0.2, 0) is 23.9 Å². The first kappa shape index (κ1) is 50.3. The molecule has 4 atom stereocenters. The Bertz CT molecular complexity index is 1630. The van der Waals surface area contributed by atoms with Gasteiger partial charge in [-0.3, -0.25) is 29.3 Å². The Morgan fingerprint density at radius 1 is 0.644 bits per heavy atom. The number of carbonyl (C=O) groups excluding carboxylic acids is 5. The molecule has 5 N–H and O–H groups in total. The second kappa shape index (κ2) is 27.0. The number of carbonyl (C=O) groups is 5. The third-order valence-corrected chi connectivity index (χ3v) is 10.2. The van der Waals surface area contributed by atoms with Gasteiger partial charge in [0.15, 0.2) is 5.52 Å². The summed E-state index contributed by atoms with van der Waals surface area (Å²) >= 11 is 0. The molecule has 0 saturated carbocycles. The van der Waals surface area contributed by atoms with Gasteiger partial charge in [0, 0.05) is 68.9 Å². The largest absolute Gasteiger partial charge is 0.444 e. The standard InChI is InChI=1S/C42H70N8O9/c1-29(35(51)21-16-28-43-33-22-23-34(50(56)57)37-36(33)48-59-49-37)17-8-12-24-44-38(52)30(2)18-9-13-25-45-39(53)31(3)19-10-14-26-46-40(54)32(4)20-11-15-27-47-41(55)58-42(5,6)7/h22-23,29-32,43H,8-21,24-28H2,1-7H3,(H,44,52)(H,45,53)(H,46,54)(H,47,55)/t29-,30-,31-,32-/m0/s1. The quantitative estimate of drug-likeness (QED) is 0.0304. The SMILES string of the molecule is C[C@@H](CCCCNC(=O)[C@@H](C)CCCCNC(=O)[C@@H](C)CCCCNC(=O)[C@@H](C)CCCCNC(=O)OC(C)(C)C)C(=O)CCCNc1ccc([N+](=O)[O-])c2nonc12. The van der Waals surface area contributed by atoms with Gasteiger partial charge in [-0.2, -0.15) is 0 Å². The Hall–Kier alpha value is -4.83. The average Bonchev–Trinajstić information content (AvgIpc) is 3.68. The lowest BCUT2D eigenvalue weighted by atomic mass is 9.96. The van der Waals surface area contributed by atoms with E-state index in [0.29, 0.717) is 51.3 Å². The molecule has 0 unspecified atom stereocenters. The fourth-order valence-electron chi connectivity index (χ4n) is 6.39. The molecular weight excluding hydrogens is 761 g/mol. The Balaban J connectivity index is 1.43. The van der Waals surface area contributed by atoms with Gasteiger partial charge in [-0.25, -0.2) is 9.42 Å². The molecule has 0 bridgehead atoms. The number of anilines is 1. The van der Waals surface area contributed by atoms with Crippen molar-refractivity contribution >= 4 is 52.0 Å². The fraction of sp³-hybridized carbons (Fsp3) is 0.738. The van der Waals surface area contributed by atoms with Gasteiger partial charge in [0.05, 0.1) is 10.6 Å². The Morgan fingerprint density at radius 2 is 1.08 bits per heavy atom. The van der Waals surface area contributed by atoms with Crippen LogP contribution in [0, 0.1) is 33.8 Å². The zero-order chi connectivity index (χ0) is 43.8. The highest BCUT2D eigenvalue weighted by Gasteiger charge is 2.21. The van der Waals surface area contributed by atoms with E-state index in [1.54, 1.807) is 6.07 Å². The molecule has 4 amide bonds. The molecule has 2 rings (SSSR count). The Kier molecular flexibility index (Phi) is 23.1. The smallest absolute Gasteiger partial charge is 0.407 e. The number of unbranched alkanes of at least 4 members (excludes halogenated alkanes) is 4. The number of nitro groups is 1. The molecule has 0 saturated heterocycles. The van der Waals surface area contributed by atoms with Gasteiger partial charge in [0.25, 0.3) is 0 Å². The van der Waals surface area contributed by atoms with E-state index in [4.69, 9.17) is 4.74 Å². The summed E-state index contributed by atoms with van der Waals surface area (Å²) < 4.78 is 9.89. The molecule has 59 heavy (non-hydrogen) atoms.